The minimum absolute atomic E-state index is 0.106. The van der Waals surface area contributed by atoms with Crippen molar-refractivity contribution in [2.75, 3.05) is 5.32 Å². The van der Waals surface area contributed by atoms with E-state index in [9.17, 15) is 4.79 Å². The second-order valence-corrected chi connectivity index (χ2v) is 6.57. The zero-order valence-corrected chi connectivity index (χ0v) is 14.5. The van der Waals surface area contributed by atoms with Crippen molar-refractivity contribution >= 4 is 33.5 Å². The van der Waals surface area contributed by atoms with E-state index in [1.54, 1.807) is 6.33 Å². The summed E-state index contributed by atoms with van der Waals surface area (Å²) in [6, 6.07) is 14.1. The summed E-state index contributed by atoms with van der Waals surface area (Å²) in [5.41, 5.74) is 4.41. The van der Waals surface area contributed by atoms with Crippen LogP contribution in [0.5, 0.6) is 0 Å². The van der Waals surface area contributed by atoms with Crippen molar-refractivity contribution in [3.05, 3.63) is 60.6 Å². The van der Waals surface area contributed by atoms with Gasteiger partial charge in [0.2, 0.25) is 0 Å². The highest BCUT2D eigenvalue weighted by atomic mass is 16.1. The lowest BCUT2D eigenvalue weighted by atomic mass is 10.1. The molecule has 5 heteroatoms. The molecule has 2 aromatic carbocycles. The Kier molecular flexibility index (Phi) is 3.57. The van der Waals surface area contributed by atoms with Crippen molar-refractivity contribution < 1.29 is 4.79 Å². The summed E-state index contributed by atoms with van der Waals surface area (Å²) >= 11 is 0. The van der Waals surface area contributed by atoms with Crippen LogP contribution in [0.25, 0.3) is 21.9 Å². The first kappa shape index (κ1) is 15.4. The van der Waals surface area contributed by atoms with Crippen LogP contribution in [-0.4, -0.2) is 20.0 Å². The van der Waals surface area contributed by atoms with Crippen LogP contribution in [0.4, 0.5) is 5.69 Å². The lowest BCUT2D eigenvalue weighted by Crippen LogP contribution is -2.11. The van der Waals surface area contributed by atoms with Gasteiger partial charge in [-0.15, -0.1) is 0 Å². The number of aryl methyl sites for hydroxylation is 1. The number of aromatic nitrogens is 3. The molecule has 0 aliphatic carbocycles. The normalized spacial score (nSPS) is 11.5. The molecule has 0 atom stereocenters. The molecule has 25 heavy (non-hydrogen) atoms. The van der Waals surface area contributed by atoms with E-state index in [2.05, 4.69) is 28.7 Å². The lowest BCUT2D eigenvalue weighted by molar-refractivity contribution is 0.102. The number of hydrogen-bond acceptors (Lipinski definition) is 2. The van der Waals surface area contributed by atoms with Crippen LogP contribution in [0.2, 0.25) is 0 Å². The first-order valence-corrected chi connectivity index (χ1v) is 8.36. The maximum Gasteiger partial charge on any atom is 0.257 e. The van der Waals surface area contributed by atoms with Gasteiger partial charge in [0.05, 0.1) is 22.9 Å². The molecule has 4 aromatic rings. The Labute approximate surface area is 145 Å². The van der Waals surface area contributed by atoms with E-state index in [4.69, 9.17) is 0 Å². The molecule has 0 aliphatic rings. The molecule has 0 fully saturated rings. The van der Waals surface area contributed by atoms with Gasteiger partial charge in [0.15, 0.2) is 0 Å². The Morgan fingerprint density at radius 2 is 1.92 bits per heavy atom. The number of carbonyl (C=O) groups excluding carboxylic acids is 1. The van der Waals surface area contributed by atoms with Gasteiger partial charge in [-0.25, -0.2) is 4.98 Å². The minimum atomic E-state index is -0.106. The number of para-hydroxylation sites is 1. The number of imidazole rings is 1. The number of benzene rings is 2. The maximum absolute atomic E-state index is 12.9. The summed E-state index contributed by atoms with van der Waals surface area (Å²) in [5, 5.41) is 3.97. The van der Waals surface area contributed by atoms with E-state index in [-0.39, 0.29) is 11.9 Å². The van der Waals surface area contributed by atoms with Gasteiger partial charge in [0.25, 0.3) is 5.91 Å². The second kappa shape index (κ2) is 5.77. The molecule has 0 radical (unpaired) electrons. The number of amides is 1. The molecule has 0 spiro atoms. The van der Waals surface area contributed by atoms with Crippen molar-refractivity contribution in [1.29, 1.82) is 0 Å². The molecule has 2 aromatic heterocycles. The predicted octanol–water partition coefficient (Wildman–Crippen LogP) is 4.36. The average Bonchev–Trinajstić information content (AvgIpc) is 3.16. The van der Waals surface area contributed by atoms with Gasteiger partial charge in [0, 0.05) is 35.9 Å². The number of fused-ring (bicyclic) bond motifs is 2. The van der Waals surface area contributed by atoms with E-state index in [1.165, 1.54) is 0 Å². The van der Waals surface area contributed by atoms with E-state index in [0.717, 1.165) is 27.6 Å². The lowest BCUT2D eigenvalue weighted by Gasteiger charge is -2.08. The number of carbonyl (C=O) groups is 1. The van der Waals surface area contributed by atoms with Gasteiger partial charge in [-0.05, 0) is 38.1 Å². The monoisotopic (exact) mass is 332 g/mol. The molecular weight excluding hydrogens is 312 g/mol. The molecule has 0 saturated carbocycles. The van der Waals surface area contributed by atoms with Crippen molar-refractivity contribution in [2.45, 2.75) is 19.9 Å². The summed E-state index contributed by atoms with van der Waals surface area (Å²) in [6.07, 6.45) is 3.70. The molecule has 0 unspecified atom stereocenters. The van der Waals surface area contributed by atoms with Gasteiger partial charge in [-0.3, -0.25) is 4.79 Å². The zero-order valence-electron chi connectivity index (χ0n) is 14.5. The van der Waals surface area contributed by atoms with Crippen molar-refractivity contribution in [1.82, 2.24) is 14.1 Å². The highest BCUT2D eigenvalue weighted by Gasteiger charge is 2.16. The summed E-state index contributed by atoms with van der Waals surface area (Å²) in [6.45, 7) is 4.23. The second-order valence-electron chi connectivity index (χ2n) is 6.57. The minimum Gasteiger partial charge on any atom is -0.344 e. The van der Waals surface area contributed by atoms with E-state index in [1.807, 2.05) is 60.3 Å². The Balaban J connectivity index is 1.71. The summed E-state index contributed by atoms with van der Waals surface area (Å²) in [4.78, 5) is 17.2. The first-order valence-electron chi connectivity index (χ1n) is 8.36. The highest BCUT2D eigenvalue weighted by Crippen LogP contribution is 2.26. The standard InChI is InChI=1S/C20H20N4O/c1-13(2)24-11-16(15-6-4-5-7-18(15)24)20(25)22-14-8-9-19-17(10-14)21-12-23(19)3/h4-13H,1-3H3,(H,22,25). The van der Waals surface area contributed by atoms with Crippen LogP contribution in [0.15, 0.2) is 55.0 Å². The molecule has 4 rings (SSSR count). The molecule has 0 aliphatic heterocycles. The van der Waals surface area contributed by atoms with Crippen molar-refractivity contribution in [3.63, 3.8) is 0 Å². The quantitative estimate of drug-likeness (QED) is 0.606. The predicted molar refractivity (Wildman–Crippen MR) is 101 cm³/mol. The van der Waals surface area contributed by atoms with Crippen LogP contribution in [-0.2, 0) is 7.05 Å². The van der Waals surface area contributed by atoms with Crippen LogP contribution in [0.1, 0.15) is 30.2 Å². The molecule has 0 bridgehead atoms. The maximum atomic E-state index is 12.9. The number of nitrogens with zero attached hydrogens (tertiary/aromatic N) is 3. The van der Waals surface area contributed by atoms with Gasteiger partial charge in [-0.2, -0.15) is 0 Å². The van der Waals surface area contributed by atoms with Crippen LogP contribution >= 0.6 is 0 Å². The number of anilines is 1. The van der Waals surface area contributed by atoms with Crippen molar-refractivity contribution in [3.8, 4) is 0 Å². The van der Waals surface area contributed by atoms with Crippen molar-refractivity contribution in [2.24, 2.45) is 7.05 Å². The molecule has 0 saturated heterocycles. The highest BCUT2D eigenvalue weighted by molar-refractivity contribution is 6.13. The molecule has 5 nitrogen and oxygen atoms in total. The number of hydrogen-bond donors (Lipinski definition) is 1. The van der Waals surface area contributed by atoms with E-state index >= 15 is 0 Å². The van der Waals surface area contributed by atoms with Crippen LogP contribution in [0, 0.1) is 0 Å². The fraction of sp³-hybridized carbons (Fsp3) is 0.200. The van der Waals surface area contributed by atoms with Gasteiger partial charge in [-0.1, -0.05) is 18.2 Å². The number of nitrogens with one attached hydrogen (secondary N) is 1. The smallest absolute Gasteiger partial charge is 0.257 e. The SMILES string of the molecule is CC(C)n1cc(C(=O)Nc2ccc3c(c2)ncn3C)c2ccccc21. The first-order chi connectivity index (χ1) is 12.0. The Hall–Kier alpha value is -3.08. The van der Waals surface area contributed by atoms with Gasteiger partial charge < -0.3 is 14.5 Å². The Bertz CT molecular complexity index is 1090. The van der Waals surface area contributed by atoms with Gasteiger partial charge >= 0.3 is 0 Å². The zero-order chi connectivity index (χ0) is 17.6. The van der Waals surface area contributed by atoms with Crippen LogP contribution < -0.4 is 5.32 Å². The fourth-order valence-electron chi connectivity index (χ4n) is 3.23. The average molecular weight is 332 g/mol. The molecule has 1 amide bonds. The summed E-state index contributed by atoms with van der Waals surface area (Å²) < 4.78 is 4.09. The third-order valence-electron chi connectivity index (χ3n) is 4.52. The third-order valence-corrected chi connectivity index (χ3v) is 4.52. The largest absolute Gasteiger partial charge is 0.344 e. The van der Waals surface area contributed by atoms with E-state index in [0.29, 0.717) is 5.56 Å². The Morgan fingerprint density at radius 1 is 1.12 bits per heavy atom. The number of rotatable bonds is 3. The summed E-state index contributed by atoms with van der Waals surface area (Å²) in [5.74, 6) is -0.106. The topological polar surface area (TPSA) is 51.9 Å². The van der Waals surface area contributed by atoms with Crippen LogP contribution in [0.3, 0.4) is 0 Å². The summed E-state index contributed by atoms with van der Waals surface area (Å²) in [7, 11) is 1.95. The Morgan fingerprint density at radius 3 is 2.72 bits per heavy atom. The van der Waals surface area contributed by atoms with Gasteiger partial charge in [0.1, 0.15) is 0 Å². The fourth-order valence-corrected chi connectivity index (χ4v) is 3.23. The van der Waals surface area contributed by atoms with E-state index < -0.39 is 0 Å². The molecule has 2 heterocycles. The molecule has 126 valence electrons. The molecular formula is C20H20N4O. The third kappa shape index (κ3) is 2.58. The molecule has 1 N–H and O–H groups in total.